The lowest BCUT2D eigenvalue weighted by Crippen LogP contribution is -2.08. The fourth-order valence-electron chi connectivity index (χ4n) is 1.73. The minimum Gasteiger partial charge on any atom is -0.481 e. The molecule has 1 fully saturated rings. The highest BCUT2D eigenvalue weighted by Gasteiger charge is 2.25. The molecule has 4 heteroatoms. The van der Waals surface area contributed by atoms with Gasteiger partial charge in [0.2, 0.25) is 0 Å². The molecule has 0 aliphatic heterocycles. The van der Waals surface area contributed by atoms with Gasteiger partial charge in [0.25, 0.3) is 0 Å². The number of hydrogen-bond donors (Lipinski definition) is 1. The van der Waals surface area contributed by atoms with Crippen LogP contribution in [0.4, 0.5) is 0 Å². The second-order valence-corrected chi connectivity index (χ2v) is 4.08. The molecule has 0 radical (unpaired) electrons. The van der Waals surface area contributed by atoms with Crippen molar-refractivity contribution in [1.29, 1.82) is 0 Å². The van der Waals surface area contributed by atoms with Crippen LogP contribution in [-0.4, -0.2) is 16.1 Å². The van der Waals surface area contributed by atoms with E-state index in [1.165, 1.54) is 6.42 Å². The molecule has 0 amide bonds. The molecule has 1 heterocycles. The summed E-state index contributed by atoms with van der Waals surface area (Å²) in [5.41, 5.74) is 0.846. The van der Waals surface area contributed by atoms with Gasteiger partial charge in [0.05, 0.1) is 12.1 Å². The zero-order chi connectivity index (χ0) is 10.8. The van der Waals surface area contributed by atoms with Gasteiger partial charge >= 0.3 is 5.97 Å². The first-order valence-corrected chi connectivity index (χ1v) is 5.35. The maximum atomic E-state index is 10.4. The van der Waals surface area contributed by atoms with Crippen LogP contribution < -0.4 is 0 Å². The van der Waals surface area contributed by atoms with Crippen LogP contribution in [0, 0.1) is 6.92 Å². The molecule has 2 rings (SSSR count). The number of aliphatic carboxylic acids is 1. The third-order valence-electron chi connectivity index (χ3n) is 2.93. The van der Waals surface area contributed by atoms with Crippen molar-refractivity contribution in [3.63, 3.8) is 0 Å². The van der Waals surface area contributed by atoms with E-state index in [1.54, 1.807) is 0 Å². The van der Waals surface area contributed by atoms with Crippen LogP contribution in [0.1, 0.15) is 48.9 Å². The summed E-state index contributed by atoms with van der Waals surface area (Å²) >= 11 is 0. The van der Waals surface area contributed by atoms with E-state index in [4.69, 9.17) is 9.52 Å². The molecular weight excluding hydrogens is 194 g/mol. The Morgan fingerprint density at radius 1 is 1.60 bits per heavy atom. The van der Waals surface area contributed by atoms with Gasteiger partial charge in [-0.1, -0.05) is 6.42 Å². The highest BCUT2D eigenvalue weighted by molar-refractivity contribution is 5.66. The standard InChI is InChI=1S/C11H15NO3/c1-7-9(5-6-10(13)14)15-11(12-7)8-3-2-4-8/h8H,2-6H2,1H3,(H,13,14). The average molecular weight is 209 g/mol. The zero-order valence-electron chi connectivity index (χ0n) is 8.82. The molecule has 1 N–H and O–H groups in total. The summed E-state index contributed by atoms with van der Waals surface area (Å²) in [5, 5.41) is 8.58. The van der Waals surface area contributed by atoms with Gasteiger partial charge < -0.3 is 9.52 Å². The van der Waals surface area contributed by atoms with Gasteiger partial charge in [-0.15, -0.1) is 0 Å². The number of hydrogen-bond acceptors (Lipinski definition) is 3. The number of aryl methyl sites for hydroxylation is 2. The normalized spacial score (nSPS) is 16.3. The molecule has 15 heavy (non-hydrogen) atoms. The molecule has 1 aromatic rings. The lowest BCUT2D eigenvalue weighted by molar-refractivity contribution is -0.137. The van der Waals surface area contributed by atoms with Crippen molar-refractivity contribution in [2.75, 3.05) is 0 Å². The Morgan fingerprint density at radius 3 is 2.87 bits per heavy atom. The summed E-state index contributed by atoms with van der Waals surface area (Å²) in [4.78, 5) is 14.8. The zero-order valence-corrected chi connectivity index (χ0v) is 8.82. The topological polar surface area (TPSA) is 63.3 Å². The van der Waals surface area contributed by atoms with Crippen LogP contribution in [0.5, 0.6) is 0 Å². The summed E-state index contributed by atoms with van der Waals surface area (Å²) < 4.78 is 5.59. The van der Waals surface area contributed by atoms with E-state index >= 15 is 0 Å². The van der Waals surface area contributed by atoms with Gasteiger partial charge in [0.15, 0.2) is 5.89 Å². The lowest BCUT2D eigenvalue weighted by atomic mass is 9.85. The van der Waals surface area contributed by atoms with Crippen molar-refractivity contribution in [2.45, 2.75) is 44.9 Å². The molecule has 0 bridgehead atoms. The number of oxazole rings is 1. The van der Waals surface area contributed by atoms with Crippen LogP contribution in [0.25, 0.3) is 0 Å². The van der Waals surface area contributed by atoms with Gasteiger partial charge in [-0.3, -0.25) is 4.79 Å². The second-order valence-electron chi connectivity index (χ2n) is 4.08. The first-order valence-electron chi connectivity index (χ1n) is 5.35. The lowest BCUT2D eigenvalue weighted by Gasteiger charge is -2.21. The molecule has 0 atom stereocenters. The van der Waals surface area contributed by atoms with E-state index in [0.717, 1.165) is 30.2 Å². The Bertz CT molecular complexity index is 366. The van der Waals surface area contributed by atoms with Crippen molar-refractivity contribution < 1.29 is 14.3 Å². The Labute approximate surface area is 88.3 Å². The molecule has 0 aromatic carbocycles. The Balaban J connectivity index is 2.03. The Morgan fingerprint density at radius 2 is 2.33 bits per heavy atom. The van der Waals surface area contributed by atoms with Crippen molar-refractivity contribution >= 4 is 5.97 Å². The molecular formula is C11H15NO3. The number of carboxylic acids is 1. The van der Waals surface area contributed by atoms with E-state index in [9.17, 15) is 4.79 Å². The second kappa shape index (κ2) is 4.04. The highest BCUT2D eigenvalue weighted by atomic mass is 16.4. The van der Waals surface area contributed by atoms with Crippen molar-refractivity contribution in [2.24, 2.45) is 0 Å². The van der Waals surface area contributed by atoms with Crippen LogP contribution in [0.3, 0.4) is 0 Å². The molecule has 1 aliphatic carbocycles. The van der Waals surface area contributed by atoms with Crippen LogP contribution in [0.15, 0.2) is 4.42 Å². The first kappa shape index (κ1) is 10.2. The quantitative estimate of drug-likeness (QED) is 0.826. The molecule has 0 saturated heterocycles. The van der Waals surface area contributed by atoms with E-state index in [-0.39, 0.29) is 6.42 Å². The summed E-state index contributed by atoms with van der Waals surface area (Å²) in [6.45, 7) is 1.88. The molecule has 4 nitrogen and oxygen atoms in total. The monoisotopic (exact) mass is 209 g/mol. The minimum absolute atomic E-state index is 0.111. The van der Waals surface area contributed by atoms with Crippen LogP contribution in [-0.2, 0) is 11.2 Å². The van der Waals surface area contributed by atoms with Crippen molar-refractivity contribution in [1.82, 2.24) is 4.98 Å². The van der Waals surface area contributed by atoms with E-state index in [1.807, 2.05) is 6.92 Å². The number of nitrogens with zero attached hydrogens (tertiary/aromatic N) is 1. The average Bonchev–Trinajstić information content (AvgIpc) is 2.40. The summed E-state index contributed by atoms with van der Waals surface area (Å²) in [6, 6.07) is 0. The van der Waals surface area contributed by atoms with Crippen molar-refractivity contribution in [3.8, 4) is 0 Å². The van der Waals surface area contributed by atoms with E-state index < -0.39 is 5.97 Å². The maximum Gasteiger partial charge on any atom is 0.303 e. The molecule has 1 saturated carbocycles. The van der Waals surface area contributed by atoms with Crippen molar-refractivity contribution in [3.05, 3.63) is 17.3 Å². The van der Waals surface area contributed by atoms with Crippen LogP contribution >= 0.6 is 0 Å². The first-order chi connectivity index (χ1) is 7.16. The van der Waals surface area contributed by atoms with E-state index in [0.29, 0.717) is 12.3 Å². The van der Waals surface area contributed by atoms with Gasteiger partial charge in [0.1, 0.15) is 5.76 Å². The van der Waals surface area contributed by atoms with Gasteiger partial charge in [-0.2, -0.15) is 0 Å². The number of carbonyl (C=O) groups is 1. The fourth-order valence-corrected chi connectivity index (χ4v) is 1.73. The summed E-state index contributed by atoms with van der Waals surface area (Å²) in [6.07, 6.45) is 4.11. The number of carboxylic acid groups (broad SMARTS) is 1. The van der Waals surface area contributed by atoms with Gasteiger partial charge in [-0.05, 0) is 19.8 Å². The summed E-state index contributed by atoms with van der Waals surface area (Å²) in [5.74, 6) is 1.22. The third kappa shape index (κ3) is 2.19. The maximum absolute atomic E-state index is 10.4. The molecule has 1 aliphatic rings. The smallest absolute Gasteiger partial charge is 0.303 e. The van der Waals surface area contributed by atoms with E-state index in [2.05, 4.69) is 4.98 Å². The number of rotatable bonds is 4. The molecule has 82 valence electrons. The fraction of sp³-hybridized carbons (Fsp3) is 0.636. The molecule has 1 aromatic heterocycles. The summed E-state index contributed by atoms with van der Waals surface area (Å²) in [7, 11) is 0. The minimum atomic E-state index is -0.795. The van der Waals surface area contributed by atoms with Crippen LogP contribution in [0.2, 0.25) is 0 Å². The van der Waals surface area contributed by atoms with Gasteiger partial charge in [0, 0.05) is 12.3 Å². The predicted octanol–water partition coefficient (Wildman–Crippen LogP) is 2.27. The largest absolute Gasteiger partial charge is 0.481 e. The molecule has 0 spiro atoms. The molecule has 0 unspecified atom stereocenters. The Hall–Kier alpha value is -1.32. The Kier molecular flexibility index (Phi) is 2.75. The SMILES string of the molecule is Cc1nc(C2CCC2)oc1CCC(=O)O. The number of aromatic nitrogens is 1. The third-order valence-corrected chi connectivity index (χ3v) is 2.93. The van der Waals surface area contributed by atoms with Gasteiger partial charge in [-0.25, -0.2) is 4.98 Å². The highest BCUT2D eigenvalue weighted by Crippen LogP contribution is 2.36. The predicted molar refractivity (Wildman–Crippen MR) is 53.8 cm³/mol.